The molecule has 2 aromatic rings. The summed E-state index contributed by atoms with van der Waals surface area (Å²) in [6.45, 7) is 0. The number of sulfonamides is 1. The lowest BCUT2D eigenvalue weighted by Gasteiger charge is -2.06. The highest BCUT2D eigenvalue weighted by atomic mass is 32.2. The van der Waals surface area contributed by atoms with Crippen LogP contribution in [0.3, 0.4) is 0 Å². The largest absolute Gasteiger partial charge is 0.505 e. The number of carboxylic acids is 1. The number of aromatic amines is 1. The predicted molar refractivity (Wildman–Crippen MR) is 66.6 cm³/mol. The molecule has 9 heteroatoms. The predicted octanol–water partition coefficient (Wildman–Crippen LogP) is 1.36. The number of rotatable bonds is 4. The van der Waals surface area contributed by atoms with Gasteiger partial charge in [-0.15, -0.1) is 0 Å². The number of carboxylic acid groups (broad SMARTS) is 1. The third kappa shape index (κ3) is 2.72. The van der Waals surface area contributed by atoms with E-state index in [1.54, 1.807) is 0 Å². The maximum Gasteiger partial charge on any atom is 0.352 e. The summed E-state index contributed by atoms with van der Waals surface area (Å²) in [4.78, 5) is 12.6. The van der Waals surface area contributed by atoms with Crippen molar-refractivity contribution in [1.82, 2.24) is 4.98 Å². The van der Waals surface area contributed by atoms with E-state index in [0.717, 1.165) is 24.4 Å². The molecule has 106 valence electrons. The minimum absolute atomic E-state index is 0.0987. The van der Waals surface area contributed by atoms with Crippen LogP contribution in [-0.2, 0) is 10.0 Å². The van der Waals surface area contributed by atoms with Crippen molar-refractivity contribution >= 4 is 21.7 Å². The lowest BCUT2D eigenvalue weighted by Crippen LogP contribution is -2.12. The Balaban J connectivity index is 2.30. The lowest BCUT2D eigenvalue weighted by atomic mass is 10.3. The number of nitrogens with one attached hydrogen (secondary N) is 2. The summed E-state index contributed by atoms with van der Waals surface area (Å²) < 4.78 is 39.0. The van der Waals surface area contributed by atoms with Gasteiger partial charge in [0.05, 0.1) is 5.69 Å². The number of halogens is 1. The fourth-order valence-electron chi connectivity index (χ4n) is 1.44. The summed E-state index contributed by atoms with van der Waals surface area (Å²) in [5.74, 6) is -2.89. The zero-order valence-corrected chi connectivity index (χ0v) is 10.6. The van der Waals surface area contributed by atoms with Crippen LogP contribution in [0.4, 0.5) is 10.1 Å². The van der Waals surface area contributed by atoms with Crippen LogP contribution in [-0.4, -0.2) is 29.6 Å². The van der Waals surface area contributed by atoms with E-state index >= 15 is 0 Å². The standard InChI is InChI=1S/C11H9FN2O5S/c12-8-3-6(1-2-10(8)15)14-20(18,19)7-4-9(11(16)17)13-5-7/h1-5,13-15H,(H,16,17). The third-order valence-electron chi connectivity index (χ3n) is 2.40. The molecule has 0 aliphatic carbocycles. The topological polar surface area (TPSA) is 119 Å². The molecular weight excluding hydrogens is 291 g/mol. The Morgan fingerprint density at radius 1 is 1.30 bits per heavy atom. The highest BCUT2D eigenvalue weighted by Crippen LogP contribution is 2.22. The minimum atomic E-state index is -4.05. The van der Waals surface area contributed by atoms with Crippen molar-refractivity contribution in [2.45, 2.75) is 4.90 Å². The van der Waals surface area contributed by atoms with Gasteiger partial charge in [0.2, 0.25) is 0 Å². The molecule has 2 rings (SSSR count). The van der Waals surface area contributed by atoms with E-state index in [-0.39, 0.29) is 16.3 Å². The van der Waals surface area contributed by atoms with Crippen molar-refractivity contribution in [3.63, 3.8) is 0 Å². The van der Waals surface area contributed by atoms with Gasteiger partial charge in [-0.2, -0.15) is 0 Å². The molecule has 0 unspecified atom stereocenters. The van der Waals surface area contributed by atoms with E-state index < -0.39 is 27.6 Å². The van der Waals surface area contributed by atoms with Gasteiger partial charge >= 0.3 is 5.97 Å². The second kappa shape index (κ2) is 4.85. The number of H-pyrrole nitrogens is 1. The molecule has 1 aromatic carbocycles. The molecule has 0 atom stereocenters. The number of carbonyl (C=O) groups is 1. The second-order valence-corrected chi connectivity index (χ2v) is 5.51. The van der Waals surface area contributed by atoms with Gasteiger partial charge in [-0.3, -0.25) is 4.72 Å². The van der Waals surface area contributed by atoms with Crippen molar-refractivity contribution in [1.29, 1.82) is 0 Å². The number of benzene rings is 1. The summed E-state index contributed by atoms with van der Waals surface area (Å²) in [6, 6.07) is 3.90. The molecule has 4 N–H and O–H groups in total. The van der Waals surface area contributed by atoms with Gasteiger partial charge in [0.1, 0.15) is 10.6 Å². The summed E-state index contributed by atoms with van der Waals surface area (Å²) in [6.07, 6.45) is 1.00. The summed E-state index contributed by atoms with van der Waals surface area (Å²) in [5, 5.41) is 17.7. The van der Waals surface area contributed by atoms with Crippen LogP contribution >= 0.6 is 0 Å². The number of hydrogen-bond donors (Lipinski definition) is 4. The van der Waals surface area contributed by atoms with Gasteiger partial charge in [0.25, 0.3) is 10.0 Å². The highest BCUT2D eigenvalue weighted by molar-refractivity contribution is 7.92. The number of hydrogen-bond acceptors (Lipinski definition) is 4. The number of phenols is 1. The monoisotopic (exact) mass is 300 g/mol. The van der Waals surface area contributed by atoms with Crippen molar-refractivity contribution in [3.05, 3.63) is 42.0 Å². The molecule has 0 aliphatic rings. The quantitative estimate of drug-likeness (QED) is 0.635. The van der Waals surface area contributed by atoms with Gasteiger partial charge in [-0.05, 0) is 18.2 Å². The van der Waals surface area contributed by atoms with Crippen molar-refractivity contribution in [2.24, 2.45) is 0 Å². The zero-order chi connectivity index (χ0) is 14.9. The van der Waals surface area contributed by atoms with Crippen molar-refractivity contribution in [3.8, 4) is 5.75 Å². The average molecular weight is 300 g/mol. The molecule has 0 aliphatic heterocycles. The van der Waals surface area contributed by atoms with Gasteiger partial charge in [0, 0.05) is 12.3 Å². The first-order valence-corrected chi connectivity index (χ1v) is 6.71. The fraction of sp³-hybridized carbons (Fsp3) is 0. The molecule has 0 bridgehead atoms. The first-order chi connectivity index (χ1) is 9.29. The smallest absolute Gasteiger partial charge is 0.352 e. The molecular formula is C11H9FN2O5S. The summed E-state index contributed by atoms with van der Waals surface area (Å²) in [7, 11) is -4.05. The van der Waals surface area contributed by atoms with E-state index in [4.69, 9.17) is 10.2 Å². The summed E-state index contributed by atoms with van der Waals surface area (Å²) >= 11 is 0. The van der Waals surface area contributed by atoms with E-state index in [1.165, 1.54) is 6.07 Å². The first-order valence-electron chi connectivity index (χ1n) is 5.22. The number of phenolic OH excluding ortho intramolecular Hbond substituents is 1. The number of aromatic nitrogens is 1. The molecule has 0 amide bonds. The van der Waals surface area contributed by atoms with Crippen LogP contribution in [0.5, 0.6) is 5.75 Å². The van der Waals surface area contributed by atoms with Gasteiger partial charge < -0.3 is 15.2 Å². The number of aromatic hydroxyl groups is 1. The first kappa shape index (κ1) is 13.9. The molecule has 7 nitrogen and oxygen atoms in total. The van der Waals surface area contributed by atoms with Crippen LogP contribution in [0.25, 0.3) is 0 Å². The molecule has 0 saturated heterocycles. The molecule has 0 saturated carbocycles. The normalized spacial score (nSPS) is 11.2. The SMILES string of the molecule is O=C(O)c1cc(S(=O)(=O)Nc2ccc(O)c(F)c2)c[nH]1. The van der Waals surface area contributed by atoms with E-state index in [2.05, 4.69) is 9.71 Å². The Kier molecular flexibility index (Phi) is 3.36. The van der Waals surface area contributed by atoms with E-state index in [0.29, 0.717) is 0 Å². The van der Waals surface area contributed by atoms with E-state index in [1.807, 2.05) is 0 Å². The van der Waals surface area contributed by atoms with Gasteiger partial charge in [-0.1, -0.05) is 0 Å². The molecule has 0 fully saturated rings. The van der Waals surface area contributed by atoms with Crippen molar-refractivity contribution < 1.29 is 27.8 Å². The van der Waals surface area contributed by atoms with E-state index in [9.17, 15) is 17.6 Å². The second-order valence-electron chi connectivity index (χ2n) is 3.83. The number of aromatic carboxylic acids is 1. The van der Waals surface area contributed by atoms with Crippen molar-refractivity contribution in [2.75, 3.05) is 4.72 Å². The van der Waals surface area contributed by atoms with Crippen LogP contribution in [0.1, 0.15) is 10.5 Å². The lowest BCUT2D eigenvalue weighted by molar-refractivity contribution is 0.0691. The Hall–Kier alpha value is -2.55. The van der Waals surface area contributed by atoms with Crippen LogP contribution in [0.15, 0.2) is 35.4 Å². The van der Waals surface area contributed by atoms with Crippen LogP contribution < -0.4 is 4.72 Å². The molecule has 0 spiro atoms. The average Bonchev–Trinajstić information content (AvgIpc) is 2.84. The van der Waals surface area contributed by atoms with Gasteiger partial charge in [-0.25, -0.2) is 17.6 Å². The Bertz CT molecular complexity index is 769. The Labute approximate surface area is 112 Å². The Morgan fingerprint density at radius 3 is 2.55 bits per heavy atom. The maximum absolute atomic E-state index is 13.1. The highest BCUT2D eigenvalue weighted by Gasteiger charge is 2.18. The molecule has 1 aromatic heterocycles. The fourth-order valence-corrected chi connectivity index (χ4v) is 2.48. The maximum atomic E-state index is 13.1. The van der Waals surface area contributed by atoms with Crippen LogP contribution in [0.2, 0.25) is 0 Å². The molecule has 20 heavy (non-hydrogen) atoms. The van der Waals surface area contributed by atoms with Crippen LogP contribution in [0, 0.1) is 5.82 Å². The molecule has 0 radical (unpaired) electrons. The van der Waals surface area contributed by atoms with Gasteiger partial charge in [0.15, 0.2) is 11.6 Å². The minimum Gasteiger partial charge on any atom is -0.505 e. The summed E-state index contributed by atoms with van der Waals surface area (Å²) in [5.41, 5.74) is -0.388. The Morgan fingerprint density at radius 2 is 2.00 bits per heavy atom. The zero-order valence-electron chi connectivity index (χ0n) is 9.79. The molecule has 1 heterocycles. The third-order valence-corrected chi connectivity index (χ3v) is 3.76. The number of anilines is 1.